The normalized spacial score (nSPS) is 10.4. The number of carbonyl (C=O) groups excluding carboxylic acids is 1. The van der Waals surface area contributed by atoms with Crippen LogP contribution in [0.5, 0.6) is 0 Å². The summed E-state index contributed by atoms with van der Waals surface area (Å²) in [5, 5.41) is 2.91. The summed E-state index contributed by atoms with van der Waals surface area (Å²) in [5.74, 6) is 0. The highest BCUT2D eigenvalue weighted by Gasteiger charge is 2.07. The average Bonchev–Trinajstić information content (AvgIpc) is 2.36. The van der Waals surface area contributed by atoms with E-state index < -0.39 is 0 Å². The summed E-state index contributed by atoms with van der Waals surface area (Å²) in [7, 11) is 5.90. The molecule has 1 aromatic rings. The second-order valence-corrected chi connectivity index (χ2v) is 4.72. The van der Waals surface area contributed by atoms with Gasteiger partial charge < -0.3 is 15.1 Å². The molecule has 4 nitrogen and oxygen atoms in total. The second kappa shape index (κ2) is 7.71. The van der Waals surface area contributed by atoms with Crippen LogP contribution in [0.4, 0.5) is 4.79 Å². The van der Waals surface area contributed by atoms with E-state index in [0.29, 0.717) is 6.54 Å². The fourth-order valence-corrected chi connectivity index (χ4v) is 1.63. The maximum atomic E-state index is 11.8. The molecule has 1 N–H and O–H groups in total. The van der Waals surface area contributed by atoms with Crippen molar-refractivity contribution in [3.63, 3.8) is 0 Å². The average molecular weight is 249 g/mol. The molecule has 0 aliphatic rings. The Morgan fingerprint density at radius 1 is 1.11 bits per heavy atom. The lowest BCUT2D eigenvalue weighted by molar-refractivity contribution is 0.206. The highest BCUT2D eigenvalue weighted by Crippen LogP contribution is 1.98. The molecule has 0 aliphatic heterocycles. The SMILES string of the molecule is CN(C)CCCN(C)C(=O)NCc1ccccc1. The van der Waals surface area contributed by atoms with E-state index in [-0.39, 0.29) is 6.03 Å². The zero-order valence-electron chi connectivity index (χ0n) is 11.5. The van der Waals surface area contributed by atoms with E-state index in [1.165, 1.54) is 0 Å². The van der Waals surface area contributed by atoms with Gasteiger partial charge in [0.05, 0.1) is 0 Å². The number of carbonyl (C=O) groups is 1. The summed E-state index contributed by atoms with van der Waals surface area (Å²) in [4.78, 5) is 15.6. The van der Waals surface area contributed by atoms with Crippen molar-refractivity contribution in [1.82, 2.24) is 15.1 Å². The highest BCUT2D eigenvalue weighted by atomic mass is 16.2. The van der Waals surface area contributed by atoms with Gasteiger partial charge in [-0.3, -0.25) is 0 Å². The van der Waals surface area contributed by atoms with E-state index in [1.54, 1.807) is 4.90 Å². The van der Waals surface area contributed by atoms with Crippen LogP contribution in [0.15, 0.2) is 30.3 Å². The monoisotopic (exact) mass is 249 g/mol. The molecule has 2 amide bonds. The Morgan fingerprint density at radius 3 is 2.39 bits per heavy atom. The molecule has 0 radical (unpaired) electrons. The summed E-state index contributed by atoms with van der Waals surface area (Å²) in [6, 6.07) is 9.92. The van der Waals surface area contributed by atoms with E-state index in [1.807, 2.05) is 51.5 Å². The van der Waals surface area contributed by atoms with Gasteiger partial charge in [-0.1, -0.05) is 30.3 Å². The molecule has 0 bridgehead atoms. The van der Waals surface area contributed by atoms with Crippen molar-refractivity contribution < 1.29 is 4.79 Å². The largest absolute Gasteiger partial charge is 0.334 e. The van der Waals surface area contributed by atoms with Gasteiger partial charge in [0, 0.05) is 20.1 Å². The Kier molecular flexibility index (Phi) is 6.22. The summed E-state index contributed by atoms with van der Waals surface area (Å²) >= 11 is 0. The minimum absolute atomic E-state index is 0.0161. The molecule has 18 heavy (non-hydrogen) atoms. The van der Waals surface area contributed by atoms with Crippen LogP contribution in [0.3, 0.4) is 0 Å². The van der Waals surface area contributed by atoms with Crippen LogP contribution in [-0.2, 0) is 6.54 Å². The lowest BCUT2D eigenvalue weighted by Crippen LogP contribution is -2.38. The number of hydrogen-bond donors (Lipinski definition) is 1. The lowest BCUT2D eigenvalue weighted by atomic mass is 10.2. The Bertz CT molecular complexity index is 351. The van der Waals surface area contributed by atoms with Gasteiger partial charge in [-0.05, 0) is 32.6 Å². The van der Waals surface area contributed by atoms with Gasteiger partial charge in [-0.15, -0.1) is 0 Å². The van der Waals surface area contributed by atoms with Crippen LogP contribution in [0.2, 0.25) is 0 Å². The fraction of sp³-hybridized carbons (Fsp3) is 0.500. The highest BCUT2D eigenvalue weighted by molar-refractivity contribution is 5.73. The van der Waals surface area contributed by atoms with Crippen molar-refractivity contribution in [2.75, 3.05) is 34.2 Å². The number of amides is 2. The van der Waals surface area contributed by atoms with Gasteiger partial charge in [0.15, 0.2) is 0 Å². The minimum Gasteiger partial charge on any atom is -0.334 e. The van der Waals surface area contributed by atoms with Crippen LogP contribution in [0, 0.1) is 0 Å². The number of urea groups is 1. The molecule has 100 valence electrons. The number of hydrogen-bond acceptors (Lipinski definition) is 2. The first-order valence-electron chi connectivity index (χ1n) is 6.27. The van der Waals surface area contributed by atoms with Crippen LogP contribution in [-0.4, -0.2) is 50.1 Å². The Morgan fingerprint density at radius 2 is 1.78 bits per heavy atom. The predicted octanol–water partition coefficient (Wildman–Crippen LogP) is 1.78. The summed E-state index contributed by atoms with van der Waals surface area (Å²) in [6.07, 6.45) is 0.988. The first-order chi connectivity index (χ1) is 8.59. The molecule has 0 saturated carbocycles. The quantitative estimate of drug-likeness (QED) is 0.834. The Labute approximate surface area is 110 Å². The zero-order chi connectivity index (χ0) is 13.4. The van der Waals surface area contributed by atoms with Crippen molar-refractivity contribution in [3.8, 4) is 0 Å². The van der Waals surface area contributed by atoms with Gasteiger partial charge in [0.1, 0.15) is 0 Å². The van der Waals surface area contributed by atoms with Gasteiger partial charge in [0.2, 0.25) is 0 Å². The standard InChI is InChI=1S/C14H23N3O/c1-16(2)10-7-11-17(3)14(18)15-12-13-8-5-4-6-9-13/h4-6,8-9H,7,10-12H2,1-3H3,(H,15,18). The molecule has 0 unspecified atom stereocenters. The number of benzene rings is 1. The number of rotatable bonds is 6. The van der Waals surface area contributed by atoms with Gasteiger partial charge >= 0.3 is 6.03 Å². The first-order valence-corrected chi connectivity index (χ1v) is 6.27. The van der Waals surface area contributed by atoms with Crippen molar-refractivity contribution in [2.24, 2.45) is 0 Å². The number of nitrogens with zero attached hydrogens (tertiary/aromatic N) is 2. The first kappa shape index (κ1) is 14.5. The second-order valence-electron chi connectivity index (χ2n) is 4.72. The molecule has 1 aromatic carbocycles. The van der Waals surface area contributed by atoms with Crippen LogP contribution in [0.25, 0.3) is 0 Å². The molecule has 0 aromatic heterocycles. The Hall–Kier alpha value is -1.55. The predicted molar refractivity (Wildman–Crippen MR) is 74.5 cm³/mol. The molecule has 0 spiro atoms. The maximum absolute atomic E-state index is 11.8. The molecular weight excluding hydrogens is 226 g/mol. The third-order valence-corrected chi connectivity index (χ3v) is 2.73. The minimum atomic E-state index is -0.0161. The summed E-state index contributed by atoms with van der Waals surface area (Å²) in [5.41, 5.74) is 1.12. The summed E-state index contributed by atoms with van der Waals surface area (Å²) in [6.45, 7) is 2.35. The molecule has 0 saturated heterocycles. The maximum Gasteiger partial charge on any atom is 0.317 e. The van der Waals surface area contributed by atoms with E-state index in [2.05, 4.69) is 10.2 Å². The van der Waals surface area contributed by atoms with Gasteiger partial charge in [0.25, 0.3) is 0 Å². The fourth-order valence-electron chi connectivity index (χ4n) is 1.63. The van der Waals surface area contributed by atoms with E-state index >= 15 is 0 Å². The molecular formula is C14H23N3O. The lowest BCUT2D eigenvalue weighted by Gasteiger charge is -2.19. The zero-order valence-corrected chi connectivity index (χ0v) is 11.5. The molecule has 0 fully saturated rings. The van der Waals surface area contributed by atoms with Gasteiger partial charge in [-0.2, -0.15) is 0 Å². The third-order valence-electron chi connectivity index (χ3n) is 2.73. The van der Waals surface area contributed by atoms with Crippen LogP contribution in [0.1, 0.15) is 12.0 Å². The van der Waals surface area contributed by atoms with Gasteiger partial charge in [-0.25, -0.2) is 4.79 Å². The van der Waals surface area contributed by atoms with E-state index in [9.17, 15) is 4.79 Å². The van der Waals surface area contributed by atoms with E-state index in [4.69, 9.17) is 0 Å². The molecule has 1 rings (SSSR count). The van der Waals surface area contributed by atoms with Crippen molar-refractivity contribution >= 4 is 6.03 Å². The van der Waals surface area contributed by atoms with Crippen molar-refractivity contribution in [3.05, 3.63) is 35.9 Å². The molecule has 4 heteroatoms. The third kappa shape index (κ3) is 5.68. The van der Waals surface area contributed by atoms with Crippen molar-refractivity contribution in [2.45, 2.75) is 13.0 Å². The van der Waals surface area contributed by atoms with Crippen molar-refractivity contribution in [1.29, 1.82) is 0 Å². The molecule has 0 heterocycles. The van der Waals surface area contributed by atoms with E-state index in [0.717, 1.165) is 25.1 Å². The molecule has 0 aliphatic carbocycles. The molecule has 0 atom stereocenters. The van der Waals surface area contributed by atoms with Crippen LogP contribution < -0.4 is 5.32 Å². The summed E-state index contributed by atoms with van der Waals surface area (Å²) < 4.78 is 0. The Balaban J connectivity index is 2.23. The smallest absolute Gasteiger partial charge is 0.317 e. The van der Waals surface area contributed by atoms with Crippen LogP contribution >= 0.6 is 0 Å². The number of nitrogens with one attached hydrogen (secondary N) is 1. The topological polar surface area (TPSA) is 35.6 Å².